The minimum absolute atomic E-state index is 0.0318. The van der Waals surface area contributed by atoms with Crippen molar-refractivity contribution < 1.29 is 93.7 Å². The Kier molecular flexibility index (Phi) is 11.8. The number of fused-ring (bicyclic) bond motifs is 4. The van der Waals surface area contributed by atoms with E-state index in [1.807, 2.05) is 6.92 Å². The number of aliphatic hydroxyl groups excluding tert-OH is 10. The average molecular weight is 717 g/mol. The van der Waals surface area contributed by atoms with Crippen molar-refractivity contribution in [2.45, 2.75) is 148 Å². The van der Waals surface area contributed by atoms with Gasteiger partial charge in [-0.1, -0.05) is 13.3 Å². The lowest BCUT2D eigenvalue weighted by molar-refractivity contribution is -0.409. The van der Waals surface area contributed by atoms with Gasteiger partial charge < -0.3 is 99.4 Å². The molecule has 1 unspecified atom stereocenters. The average Bonchev–Trinajstić information content (AvgIpc) is 3.56. The Hall–Kier alpha value is -0.840. The fourth-order valence-corrected chi connectivity index (χ4v) is 7.16. The summed E-state index contributed by atoms with van der Waals surface area (Å²) in [4.78, 5) is 0. The summed E-state index contributed by atoms with van der Waals surface area (Å²) < 4.78 is 51.8. The molecular formula is C28H48N2O19. The molecule has 0 radical (unpaired) electrons. The minimum atomic E-state index is -2.31. The molecule has 6 saturated heterocycles. The second-order valence-corrected chi connectivity index (χ2v) is 13.1. The second-order valence-electron chi connectivity index (χ2n) is 13.1. The maximum atomic E-state index is 11.4. The van der Waals surface area contributed by atoms with E-state index in [0.717, 1.165) is 0 Å². The highest BCUT2D eigenvalue weighted by Gasteiger charge is 2.62. The van der Waals surface area contributed by atoms with Crippen LogP contribution in [0.15, 0.2) is 0 Å². The molecule has 0 aliphatic carbocycles. The summed E-state index contributed by atoms with van der Waals surface area (Å²) in [6, 6.07) is 0. The zero-order valence-electron chi connectivity index (χ0n) is 26.5. The zero-order valence-corrected chi connectivity index (χ0v) is 26.5. The van der Waals surface area contributed by atoms with Gasteiger partial charge in [-0.3, -0.25) is 0 Å². The maximum Gasteiger partial charge on any atom is 0.259 e. The number of nitrogens with two attached hydrogens (primary N) is 1. The van der Waals surface area contributed by atoms with Gasteiger partial charge in [-0.2, -0.15) is 0 Å². The summed E-state index contributed by atoms with van der Waals surface area (Å²) in [5, 5.41) is 108. The molecule has 13 N–H and O–H groups in total. The van der Waals surface area contributed by atoms with E-state index in [2.05, 4.69) is 5.32 Å². The predicted molar refractivity (Wildman–Crippen MR) is 152 cm³/mol. The first kappa shape index (κ1) is 37.9. The molecule has 0 amide bonds. The maximum absolute atomic E-state index is 11.4. The first-order valence-corrected chi connectivity index (χ1v) is 16.4. The van der Waals surface area contributed by atoms with Gasteiger partial charge in [0, 0.05) is 0 Å². The summed E-state index contributed by atoms with van der Waals surface area (Å²) in [5.41, 5.74) is 6.18. The molecule has 0 spiro atoms. The van der Waals surface area contributed by atoms with Gasteiger partial charge in [0.1, 0.15) is 91.6 Å². The van der Waals surface area contributed by atoms with Gasteiger partial charge in [0.25, 0.3) is 5.91 Å². The van der Waals surface area contributed by atoms with Crippen LogP contribution in [-0.2, 0) is 42.6 Å². The lowest BCUT2D eigenvalue weighted by Crippen LogP contribution is -2.75. The van der Waals surface area contributed by atoms with Crippen LogP contribution >= 0.6 is 0 Å². The van der Waals surface area contributed by atoms with Gasteiger partial charge in [-0.15, -0.1) is 0 Å². The van der Waals surface area contributed by atoms with E-state index in [1.54, 1.807) is 0 Å². The Morgan fingerprint density at radius 3 is 1.98 bits per heavy atom. The van der Waals surface area contributed by atoms with E-state index >= 15 is 0 Å². The molecule has 284 valence electrons. The van der Waals surface area contributed by atoms with Crippen molar-refractivity contribution in [3.05, 3.63) is 0 Å². The highest BCUT2D eigenvalue weighted by molar-refractivity contribution is 5.03. The van der Waals surface area contributed by atoms with Crippen molar-refractivity contribution in [1.82, 2.24) is 5.32 Å². The van der Waals surface area contributed by atoms with Gasteiger partial charge in [-0.05, 0) is 6.42 Å². The number of aliphatic hydroxyl groups is 10. The van der Waals surface area contributed by atoms with E-state index in [1.165, 1.54) is 0 Å². The standard InChI is InChI=1S/C28H48N2O19/c1-2-3-12(29)30-28(24(39)15(35)13(33)9(5-32)48-28)49-20-11-7-42-23(20)18(38)27(45-11)47-21-14(34)8(4-31)44-26(17(21)37)46-19-10-6-41-22(19)16(36)25(40)43-10/h8-27,30-40H,2-7,29H2,1H3/t8-,9-,10+,11+,12?,13+,14-,15+,16+,17-,18+,19+,20+,21+,22+,23+,24-,25-,26+,27+,28+/m1/s1. The first-order valence-electron chi connectivity index (χ1n) is 16.4. The molecule has 6 aliphatic heterocycles. The number of hydrogen-bond acceptors (Lipinski definition) is 21. The molecule has 21 heteroatoms. The molecule has 6 fully saturated rings. The van der Waals surface area contributed by atoms with E-state index in [-0.39, 0.29) is 13.2 Å². The van der Waals surface area contributed by atoms with E-state index in [9.17, 15) is 51.1 Å². The Bertz CT molecular complexity index is 1100. The Labute approximate surface area is 279 Å². The zero-order chi connectivity index (χ0) is 35.4. The Balaban J connectivity index is 1.17. The molecule has 4 bridgehead atoms. The van der Waals surface area contributed by atoms with Crippen LogP contribution in [0.5, 0.6) is 0 Å². The molecule has 6 aliphatic rings. The molecule has 6 heterocycles. The van der Waals surface area contributed by atoms with Crippen molar-refractivity contribution in [2.24, 2.45) is 5.73 Å². The van der Waals surface area contributed by atoms with E-state index in [4.69, 9.17) is 48.4 Å². The summed E-state index contributed by atoms with van der Waals surface area (Å²) >= 11 is 0. The van der Waals surface area contributed by atoms with Crippen LogP contribution < -0.4 is 11.1 Å². The lowest BCUT2D eigenvalue weighted by atomic mass is 9.95. The van der Waals surface area contributed by atoms with Crippen LogP contribution in [0, 0.1) is 0 Å². The van der Waals surface area contributed by atoms with Gasteiger partial charge in [0.2, 0.25) is 0 Å². The van der Waals surface area contributed by atoms with Crippen molar-refractivity contribution >= 4 is 0 Å². The fraction of sp³-hybridized carbons (Fsp3) is 1.00. The van der Waals surface area contributed by atoms with Crippen LogP contribution in [0.4, 0.5) is 0 Å². The molecule has 0 aromatic rings. The summed E-state index contributed by atoms with van der Waals surface area (Å²) in [6.45, 7) is 0.157. The molecule has 0 saturated carbocycles. The van der Waals surface area contributed by atoms with Crippen molar-refractivity contribution in [1.29, 1.82) is 0 Å². The Morgan fingerprint density at radius 2 is 1.33 bits per heavy atom. The predicted octanol–water partition coefficient (Wildman–Crippen LogP) is -7.66. The highest BCUT2D eigenvalue weighted by Crippen LogP contribution is 2.40. The van der Waals surface area contributed by atoms with Crippen LogP contribution in [-0.4, -0.2) is 206 Å². The molecular weight excluding hydrogens is 668 g/mol. The number of hydrogen-bond donors (Lipinski definition) is 12. The number of ether oxygens (including phenoxy) is 9. The molecule has 21 atom stereocenters. The molecule has 49 heavy (non-hydrogen) atoms. The number of nitrogens with one attached hydrogen (secondary N) is 1. The monoisotopic (exact) mass is 716 g/mol. The molecule has 6 rings (SSSR count). The van der Waals surface area contributed by atoms with Crippen molar-refractivity contribution in [3.8, 4) is 0 Å². The summed E-state index contributed by atoms with van der Waals surface area (Å²) in [6.07, 6.45) is -27.3. The van der Waals surface area contributed by atoms with Crippen LogP contribution in [0.25, 0.3) is 0 Å². The van der Waals surface area contributed by atoms with Crippen molar-refractivity contribution in [3.63, 3.8) is 0 Å². The summed E-state index contributed by atoms with van der Waals surface area (Å²) in [7, 11) is 0. The van der Waals surface area contributed by atoms with Crippen LogP contribution in [0.2, 0.25) is 0 Å². The summed E-state index contributed by atoms with van der Waals surface area (Å²) in [5.74, 6) is -2.31. The largest absolute Gasteiger partial charge is 0.394 e. The Morgan fingerprint density at radius 1 is 0.714 bits per heavy atom. The SMILES string of the molecule is CCCC(N)N[C@]1(O[C@@H]2[C@H]3OC[C@@H]2O[C@@H](O[C@@H]2[C@@H](O)[C@H](O[C@@H]4[C@H]5OC[C@@H]4O[C@@H](O)[C@H]5O)O[C@H](CO)[C@H]2O)[C@H]3O)O[C@H](CO)[C@H](O)[C@H](O)[C@H]1O. The highest BCUT2D eigenvalue weighted by atomic mass is 16.8. The smallest absolute Gasteiger partial charge is 0.259 e. The number of rotatable bonds is 12. The normalized spacial score (nSPS) is 53.5. The fourth-order valence-electron chi connectivity index (χ4n) is 7.16. The van der Waals surface area contributed by atoms with E-state index in [0.29, 0.717) is 12.8 Å². The van der Waals surface area contributed by atoms with Crippen molar-refractivity contribution in [2.75, 3.05) is 26.4 Å². The van der Waals surface area contributed by atoms with Gasteiger partial charge >= 0.3 is 0 Å². The molecule has 0 aromatic heterocycles. The molecule has 21 nitrogen and oxygen atoms in total. The minimum Gasteiger partial charge on any atom is -0.394 e. The van der Waals surface area contributed by atoms with E-state index < -0.39 is 142 Å². The van der Waals surface area contributed by atoms with Gasteiger partial charge in [0.15, 0.2) is 25.0 Å². The van der Waals surface area contributed by atoms with Gasteiger partial charge in [-0.25, -0.2) is 5.32 Å². The third kappa shape index (κ3) is 7.01. The van der Waals surface area contributed by atoms with Crippen LogP contribution in [0.3, 0.4) is 0 Å². The second kappa shape index (κ2) is 15.3. The quantitative estimate of drug-likeness (QED) is 0.0834. The van der Waals surface area contributed by atoms with Crippen LogP contribution in [0.1, 0.15) is 19.8 Å². The first-order chi connectivity index (χ1) is 23.3. The van der Waals surface area contributed by atoms with Gasteiger partial charge in [0.05, 0.1) is 32.6 Å². The lowest BCUT2D eigenvalue weighted by Gasteiger charge is -2.51. The molecule has 0 aromatic carbocycles. The third-order valence-corrected chi connectivity index (χ3v) is 9.81. The third-order valence-electron chi connectivity index (χ3n) is 9.81. The topological polar surface area (TPSA) is 323 Å².